The Morgan fingerprint density at radius 1 is 1.00 bits per heavy atom. The van der Waals surface area contributed by atoms with Crippen molar-refractivity contribution in [2.45, 2.75) is 77.7 Å². The molecule has 42 heavy (non-hydrogen) atoms. The third-order valence-electron chi connectivity index (χ3n) is 8.92. The number of amides is 1. The number of aromatic nitrogens is 2. The molecule has 3 atom stereocenters. The Balaban J connectivity index is 1.19. The number of hydrogen-bond donors (Lipinski definition) is 2. The third kappa shape index (κ3) is 6.30. The summed E-state index contributed by atoms with van der Waals surface area (Å²) in [5.74, 6) is 0.469. The summed E-state index contributed by atoms with van der Waals surface area (Å²) in [5, 5.41) is 13.5. The number of aryl methyl sites for hydroxylation is 3. The van der Waals surface area contributed by atoms with E-state index in [2.05, 4.69) is 60.5 Å². The van der Waals surface area contributed by atoms with Gasteiger partial charge in [0.15, 0.2) is 0 Å². The number of nitrogens with one attached hydrogen (secondary N) is 1. The monoisotopic (exact) mass is 560 g/mol. The average molecular weight is 561 g/mol. The molecule has 0 radical (unpaired) electrons. The minimum Gasteiger partial charge on any atom is -0.392 e. The summed E-state index contributed by atoms with van der Waals surface area (Å²) in [4.78, 5) is 25.0. The molecule has 0 spiro atoms. The van der Waals surface area contributed by atoms with Gasteiger partial charge in [-0.15, -0.1) is 0 Å². The largest absolute Gasteiger partial charge is 0.392 e. The number of carbonyl (C=O) groups excluding carboxylic acids is 1. The number of hydrogen-bond acceptors (Lipinski definition) is 5. The fraction of sp³-hybridized carbons (Fsp3) is 0.361. The van der Waals surface area contributed by atoms with Crippen LogP contribution in [0.25, 0.3) is 0 Å². The number of benzene rings is 2. The molecule has 0 saturated heterocycles. The summed E-state index contributed by atoms with van der Waals surface area (Å²) >= 11 is 0. The minimum atomic E-state index is -0.0506. The maximum Gasteiger partial charge on any atom is 0.224 e. The van der Waals surface area contributed by atoms with Crippen LogP contribution < -0.4 is 5.32 Å². The molecule has 1 saturated carbocycles. The van der Waals surface area contributed by atoms with Crippen LogP contribution in [-0.2, 0) is 37.5 Å². The van der Waals surface area contributed by atoms with Gasteiger partial charge in [0.1, 0.15) is 0 Å². The van der Waals surface area contributed by atoms with Gasteiger partial charge >= 0.3 is 0 Å². The van der Waals surface area contributed by atoms with Gasteiger partial charge in [-0.25, -0.2) is 0 Å². The predicted molar refractivity (Wildman–Crippen MR) is 164 cm³/mol. The Morgan fingerprint density at radius 2 is 1.86 bits per heavy atom. The number of nitrogens with zero attached hydrogens (tertiary/aromatic N) is 3. The fourth-order valence-electron chi connectivity index (χ4n) is 6.50. The Bertz CT molecular complexity index is 1550. The first-order chi connectivity index (χ1) is 20.5. The van der Waals surface area contributed by atoms with Crippen LogP contribution in [0.4, 0.5) is 0 Å². The molecule has 1 amide bonds. The first-order valence-corrected chi connectivity index (χ1v) is 15.1. The molecule has 2 aliphatic carbocycles. The number of pyridine rings is 2. The van der Waals surface area contributed by atoms with Crippen LogP contribution in [0.15, 0.2) is 79.1 Å². The smallest absolute Gasteiger partial charge is 0.224 e. The molecule has 0 bridgehead atoms. The van der Waals surface area contributed by atoms with Crippen LogP contribution in [0.2, 0.25) is 0 Å². The van der Waals surface area contributed by atoms with Gasteiger partial charge < -0.3 is 10.4 Å². The van der Waals surface area contributed by atoms with E-state index in [1.807, 2.05) is 42.7 Å². The van der Waals surface area contributed by atoms with Crippen LogP contribution in [0.1, 0.15) is 81.6 Å². The summed E-state index contributed by atoms with van der Waals surface area (Å²) in [6, 6.07) is 23.1. The van der Waals surface area contributed by atoms with Crippen molar-refractivity contribution in [3.05, 3.63) is 129 Å². The normalized spacial score (nSPS) is 19.4. The summed E-state index contributed by atoms with van der Waals surface area (Å²) < 4.78 is 0. The van der Waals surface area contributed by atoms with Crippen molar-refractivity contribution in [1.82, 2.24) is 20.2 Å². The molecule has 2 N–H and O–H groups in total. The zero-order valence-corrected chi connectivity index (χ0v) is 24.6. The zero-order chi connectivity index (χ0) is 29.1. The molecule has 0 aliphatic heterocycles. The molecule has 4 aromatic rings. The summed E-state index contributed by atoms with van der Waals surface area (Å²) in [6.07, 6.45) is 7.97. The van der Waals surface area contributed by atoms with E-state index in [0.29, 0.717) is 25.6 Å². The second-order valence-corrected chi connectivity index (χ2v) is 12.0. The van der Waals surface area contributed by atoms with Gasteiger partial charge in [-0.1, -0.05) is 60.7 Å². The van der Waals surface area contributed by atoms with Gasteiger partial charge in [0.25, 0.3) is 0 Å². The number of aliphatic hydroxyl groups is 1. The molecule has 2 aromatic carbocycles. The molecule has 1 fully saturated rings. The lowest BCUT2D eigenvalue weighted by atomic mass is 9.90. The van der Waals surface area contributed by atoms with Gasteiger partial charge in [0, 0.05) is 37.9 Å². The number of fused-ring (bicyclic) bond motifs is 1. The van der Waals surface area contributed by atoms with Gasteiger partial charge in [-0.3, -0.25) is 19.7 Å². The average Bonchev–Trinajstić information content (AvgIpc) is 3.83. The van der Waals surface area contributed by atoms with Crippen LogP contribution in [-0.4, -0.2) is 25.9 Å². The fourth-order valence-corrected chi connectivity index (χ4v) is 6.50. The van der Waals surface area contributed by atoms with Gasteiger partial charge in [-0.2, -0.15) is 0 Å². The van der Waals surface area contributed by atoms with E-state index in [1.165, 1.54) is 16.7 Å². The maximum atomic E-state index is 12.8. The Hall–Kier alpha value is -3.87. The molecule has 216 valence electrons. The van der Waals surface area contributed by atoms with Crippen LogP contribution in [0.3, 0.4) is 0 Å². The van der Waals surface area contributed by atoms with E-state index in [-0.39, 0.29) is 24.5 Å². The van der Waals surface area contributed by atoms with Crippen LogP contribution in [0.5, 0.6) is 0 Å². The molecule has 2 aromatic heterocycles. The molecule has 6 rings (SSSR count). The van der Waals surface area contributed by atoms with Crippen molar-refractivity contribution in [2.75, 3.05) is 0 Å². The van der Waals surface area contributed by atoms with Crippen molar-refractivity contribution < 1.29 is 9.90 Å². The second-order valence-electron chi connectivity index (χ2n) is 12.0. The van der Waals surface area contributed by atoms with Gasteiger partial charge in [-0.05, 0) is 90.5 Å². The highest BCUT2D eigenvalue weighted by Gasteiger charge is 2.43. The van der Waals surface area contributed by atoms with E-state index < -0.39 is 0 Å². The van der Waals surface area contributed by atoms with Gasteiger partial charge in [0.05, 0.1) is 24.0 Å². The molecule has 2 aliphatic rings. The van der Waals surface area contributed by atoms with E-state index in [9.17, 15) is 9.90 Å². The molecule has 6 nitrogen and oxygen atoms in total. The topological polar surface area (TPSA) is 78.4 Å². The van der Waals surface area contributed by atoms with Crippen molar-refractivity contribution in [3.63, 3.8) is 0 Å². The molecular formula is C36H40N4O2. The SMILES string of the molecule is Cc1cnc(CN(Cc2ccc(CNC(=O)[C@@H]3C[C@H]3c3ccccc3)cc2CO)C2CCCc3cccnc32)c(C)c1. The first-order valence-electron chi connectivity index (χ1n) is 15.1. The van der Waals surface area contributed by atoms with E-state index >= 15 is 0 Å². The summed E-state index contributed by atoms with van der Waals surface area (Å²) in [7, 11) is 0. The van der Waals surface area contributed by atoms with E-state index in [1.54, 1.807) is 0 Å². The van der Waals surface area contributed by atoms with Gasteiger partial charge in [0.2, 0.25) is 5.91 Å². The van der Waals surface area contributed by atoms with Crippen molar-refractivity contribution in [3.8, 4) is 0 Å². The lowest BCUT2D eigenvalue weighted by Crippen LogP contribution is -2.32. The molecule has 2 heterocycles. The molecule has 1 unspecified atom stereocenters. The van der Waals surface area contributed by atoms with Crippen LogP contribution in [0, 0.1) is 19.8 Å². The Kier molecular flexibility index (Phi) is 8.45. The minimum absolute atomic E-state index is 0.0448. The summed E-state index contributed by atoms with van der Waals surface area (Å²) in [5.41, 5.74) is 10.1. The number of aliphatic hydroxyl groups excluding tert-OH is 1. The second kappa shape index (κ2) is 12.6. The Labute approximate surface area is 248 Å². The lowest BCUT2D eigenvalue weighted by Gasteiger charge is -2.35. The van der Waals surface area contributed by atoms with E-state index in [0.717, 1.165) is 59.3 Å². The lowest BCUT2D eigenvalue weighted by molar-refractivity contribution is -0.122. The van der Waals surface area contributed by atoms with Crippen LogP contribution >= 0.6 is 0 Å². The van der Waals surface area contributed by atoms with Crippen molar-refractivity contribution >= 4 is 5.91 Å². The van der Waals surface area contributed by atoms with Crippen molar-refractivity contribution in [1.29, 1.82) is 0 Å². The predicted octanol–water partition coefficient (Wildman–Crippen LogP) is 6.09. The maximum absolute atomic E-state index is 12.8. The number of carbonyl (C=O) groups is 1. The standard InChI is InChI=1S/C36H40N4O2/c1-24-16-25(2)33(38-19-24)22-40(34-12-6-10-28-11-7-15-37-35(28)34)21-29-14-13-26(17-30(29)23-41)20-39-36(42)32-18-31(32)27-8-4-3-5-9-27/h3-5,7-9,11,13-17,19,31-32,34,41H,6,10,12,18,20-23H2,1-2H3,(H,39,42)/t31-,32+,34?/m0/s1. The molecular weight excluding hydrogens is 520 g/mol. The zero-order valence-electron chi connectivity index (χ0n) is 24.6. The quantitative estimate of drug-likeness (QED) is 0.246. The van der Waals surface area contributed by atoms with Crippen molar-refractivity contribution in [2.24, 2.45) is 5.92 Å². The summed E-state index contributed by atoms with van der Waals surface area (Å²) in [6.45, 7) is 6.00. The first kappa shape index (κ1) is 28.3. The highest BCUT2D eigenvalue weighted by molar-refractivity contribution is 5.82. The molecule has 6 heteroatoms. The highest BCUT2D eigenvalue weighted by Crippen LogP contribution is 2.47. The highest BCUT2D eigenvalue weighted by atomic mass is 16.3. The third-order valence-corrected chi connectivity index (χ3v) is 8.92. The Morgan fingerprint density at radius 3 is 2.67 bits per heavy atom. The van der Waals surface area contributed by atoms with E-state index in [4.69, 9.17) is 9.97 Å². The number of rotatable bonds is 10.